The summed E-state index contributed by atoms with van der Waals surface area (Å²) in [4.78, 5) is 3.75. The third kappa shape index (κ3) is 2.89. The van der Waals surface area contributed by atoms with E-state index in [1.54, 1.807) is 0 Å². The van der Waals surface area contributed by atoms with Crippen LogP contribution in [0.15, 0.2) is 22.9 Å². The van der Waals surface area contributed by atoms with Crippen molar-refractivity contribution in [2.24, 2.45) is 0 Å². The first kappa shape index (κ1) is 12.6. The first-order valence-corrected chi connectivity index (χ1v) is 5.88. The fourth-order valence-electron chi connectivity index (χ4n) is 1.50. The minimum Gasteiger partial charge on any atom is -0.419 e. The van der Waals surface area contributed by atoms with Gasteiger partial charge in [-0.05, 0) is 26.0 Å². The Bertz CT molecular complexity index is 514. The summed E-state index contributed by atoms with van der Waals surface area (Å²) in [6.07, 6.45) is 3.65. The molecule has 1 unspecified atom stereocenters. The van der Waals surface area contributed by atoms with Gasteiger partial charge in [0.05, 0.1) is 17.8 Å². The summed E-state index contributed by atoms with van der Waals surface area (Å²) in [7, 11) is 0. The molecule has 0 amide bonds. The third-order valence-corrected chi connectivity index (χ3v) is 2.46. The lowest BCUT2D eigenvalue weighted by Gasteiger charge is -2.07. The Morgan fingerprint density at radius 2 is 2.22 bits per heavy atom. The maximum Gasteiger partial charge on any atom is 0.249 e. The molecule has 0 spiro atoms. The van der Waals surface area contributed by atoms with E-state index in [0.29, 0.717) is 11.5 Å². The molecule has 0 aliphatic heterocycles. The van der Waals surface area contributed by atoms with Crippen molar-refractivity contribution in [1.29, 1.82) is 0 Å². The molecule has 0 aromatic carbocycles. The van der Waals surface area contributed by atoms with Crippen LogP contribution in [-0.4, -0.2) is 21.7 Å². The molecule has 1 atom stereocenters. The molecule has 0 radical (unpaired) electrons. The van der Waals surface area contributed by atoms with E-state index in [1.165, 1.54) is 12.3 Å². The van der Waals surface area contributed by atoms with Crippen LogP contribution in [-0.2, 0) is 0 Å². The third-order valence-electron chi connectivity index (χ3n) is 2.46. The number of hydrogen-bond acceptors (Lipinski definition) is 5. The van der Waals surface area contributed by atoms with Crippen molar-refractivity contribution in [2.45, 2.75) is 26.3 Å². The van der Waals surface area contributed by atoms with E-state index < -0.39 is 5.82 Å². The molecule has 2 heterocycles. The second-order valence-corrected chi connectivity index (χ2v) is 4.01. The highest BCUT2D eigenvalue weighted by Gasteiger charge is 2.14. The molecule has 2 rings (SSSR count). The van der Waals surface area contributed by atoms with E-state index in [4.69, 9.17) is 4.42 Å². The van der Waals surface area contributed by atoms with E-state index in [0.717, 1.165) is 19.2 Å². The fraction of sp³-hybridized carbons (Fsp3) is 0.417. The predicted octanol–water partition coefficient (Wildman–Crippen LogP) is 2.33. The molecule has 5 nitrogen and oxygen atoms in total. The molecule has 2 aromatic heterocycles. The molecular formula is C12H15FN4O. The zero-order chi connectivity index (χ0) is 13.0. The van der Waals surface area contributed by atoms with E-state index in [-0.39, 0.29) is 11.9 Å². The lowest BCUT2D eigenvalue weighted by molar-refractivity contribution is 0.423. The lowest BCUT2D eigenvalue weighted by atomic mass is 10.3. The number of nitrogens with zero attached hydrogens (tertiary/aromatic N) is 3. The van der Waals surface area contributed by atoms with Crippen molar-refractivity contribution < 1.29 is 8.81 Å². The number of hydrogen-bond donors (Lipinski definition) is 1. The Kier molecular flexibility index (Phi) is 3.99. The summed E-state index contributed by atoms with van der Waals surface area (Å²) < 4.78 is 18.5. The second kappa shape index (κ2) is 5.68. The molecule has 0 aliphatic rings. The SMILES string of the molecule is CCCNC(C)c1nnc(-c2cncc(F)c2)o1. The Morgan fingerprint density at radius 3 is 2.94 bits per heavy atom. The van der Waals surface area contributed by atoms with Crippen molar-refractivity contribution in [1.82, 2.24) is 20.5 Å². The molecule has 6 heteroatoms. The van der Waals surface area contributed by atoms with E-state index in [2.05, 4.69) is 27.4 Å². The standard InChI is InChI=1S/C12H15FN4O/c1-3-4-15-8(2)11-16-17-12(18-11)9-5-10(13)7-14-6-9/h5-8,15H,3-4H2,1-2H3. The molecule has 0 bridgehead atoms. The summed E-state index contributed by atoms with van der Waals surface area (Å²) in [5.74, 6) is 0.342. The van der Waals surface area contributed by atoms with Crippen molar-refractivity contribution in [3.8, 4) is 11.5 Å². The molecule has 0 fully saturated rings. The van der Waals surface area contributed by atoms with Gasteiger partial charge in [-0.1, -0.05) is 6.92 Å². The van der Waals surface area contributed by atoms with Gasteiger partial charge in [0.2, 0.25) is 11.8 Å². The highest BCUT2D eigenvalue weighted by Crippen LogP contribution is 2.20. The van der Waals surface area contributed by atoms with Crippen LogP contribution in [0.4, 0.5) is 4.39 Å². The monoisotopic (exact) mass is 250 g/mol. The highest BCUT2D eigenvalue weighted by atomic mass is 19.1. The zero-order valence-corrected chi connectivity index (χ0v) is 10.4. The van der Waals surface area contributed by atoms with Crippen LogP contribution in [0.5, 0.6) is 0 Å². The molecular weight excluding hydrogens is 235 g/mol. The number of aromatic nitrogens is 3. The van der Waals surface area contributed by atoms with Crippen molar-refractivity contribution >= 4 is 0 Å². The number of rotatable bonds is 5. The van der Waals surface area contributed by atoms with Gasteiger partial charge in [0.1, 0.15) is 5.82 Å². The van der Waals surface area contributed by atoms with Crippen LogP contribution < -0.4 is 5.32 Å². The maximum atomic E-state index is 13.0. The minimum atomic E-state index is -0.426. The van der Waals surface area contributed by atoms with Gasteiger partial charge < -0.3 is 9.73 Å². The normalized spacial score (nSPS) is 12.6. The Labute approximate surface area is 104 Å². The molecule has 2 aromatic rings. The van der Waals surface area contributed by atoms with Gasteiger partial charge in [-0.25, -0.2) is 4.39 Å². The number of halogens is 1. The number of pyridine rings is 1. The maximum absolute atomic E-state index is 13.0. The smallest absolute Gasteiger partial charge is 0.249 e. The summed E-state index contributed by atoms with van der Waals surface area (Å²) in [5.41, 5.74) is 0.483. The average Bonchev–Trinajstić information content (AvgIpc) is 2.85. The van der Waals surface area contributed by atoms with Gasteiger partial charge in [0.25, 0.3) is 0 Å². The highest BCUT2D eigenvalue weighted by molar-refractivity contribution is 5.50. The number of nitrogens with one attached hydrogen (secondary N) is 1. The van der Waals surface area contributed by atoms with Gasteiger partial charge in [-0.2, -0.15) is 0 Å². The summed E-state index contributed by atoms with van der Waals surface area (Å²) in [6.45, 7) is 4.90. The van der Waals surface area contributed by atoms with E-state index in [1.807, 2.05) is 6.92 Å². The minimum absolute atomic E-state index is 0.0206. The van der Waals surface area contributed by atoms with Crippen molar-refractivity contribution in [2.75, 3.05) is 6.54 Å². The van der Waals surface area contributed by atoms with Gasteiger partial charge in [0.15, 0.2) is 0 Å². The second-order valence-electron chi connectivity index (χ2n) is 4.01. The Balaban J connectivity index is 2.15. The van der Waals surface area contributed by atoms with Crippen LogP contribution in [0.3, 0.4) is 0 Å². The Morgan fingerprint density at radius 1 is 1.39 bits per heavy atom. The first-order chi connectivity index (χ1) is 8.70. The topological polar surface area (TPSA) is 63.8 Å². The van der Waals surface area contributed by atoms with E-state index >= 15 is 0 Å². The molecule has 0 saturated heterocycles. The van der Waals surface area contributed by atoms with Gasteiger partial charge >= 0.3 is 0 Å². The molecule has 0 saturated carbocycles. The quantitative estimate of drug-likeness (QED) is 0.882. The van der Waals surface area contributed by atoms with Gasteiger partial charge in [-0.15, -0.1) is 10.2 Å². The summed E-state index contributed by atoms with van der Waals surface area (Å²) in [6, 6.07) is 1.29. The van der Waals surface area contributed by atoms with Gasteiger partial charge in [0, 0.05) is 6.20 Å². The van der Waals surface area contributed by atoms with Crippen LogP contribution in [0.25, 0.3) is 11.5 Å². The van der Waals surface area contributed by atoms with E-state index in [9.17, 15) is 4.39 Å². The first-order valence-electron chi connectivity index (χ1n) is 5.88. The van der Waals surface area contributed by atoms with Gasteiger partial charge in [-0.3, -0.25) is 4.98 Å². The molecule has 1 N–H and O–H groups in total. The van der Waals surface area contributed by atoms with Crippen LogP contribution in [0, 0.1) is 5.82 Å². The molecule has 0 aliphatic carbocycles. The summed E-state index contributed by atoms with van der Waals surface area (Å²) in [5, 5.41) is 11.1. The van der Waals surface area contributed by atoms with Crippen molar-refractivity contribution in [3.63, 3.8) is 0 Å². The zero-order valence-electron chi connectivity index (χ0n) is 10.4. The lowest BCUT2D eigenvalue weighted by Crippen LogP contribution is -2.19. The molecule has 96 valence electrons. The summed E-state index contributed by atoms with van der Waals surface area (Å²) >= 11 is 0. The van der Waals surface area contributed by atoms with Crippen LogP contribution in [0.1, 0.15) is 32.2 Å². The van der Waals surface area contributed by atoms with Crippen molar-refractivity contribution in [3.05, 3.63) is 30.2 Å². The average molecular weight is 250 g/mol. The van der Waals surface area contributed by atoms with Crippen LogP contribution >= 0.6 is 0 Å². The molecule has 18 heavy (non-hydrogen) atoms. The largest absolute Gasteiger partial charge is 0.419 e. The predicted molar refractivity (Wildman–Crippen MR) is 64.2 cm³/mol. The van der Waals surface area contributed by atoms with Crippen LogP contribution in [0.2, 0.25) is 0 Å². The Hall–Kier alpha value is -1.82. The fourth-order valence-corrected chi connectivity index (χ4v) is 1.50.